The third kappa shape index (κ3) is 5.74. The summed E-state index contributed by atoms with van der Waals surface area (Å²) >= 11 is 0. The molecule has 0 N–H and O–H groups in total. The molecule has 1 radical (unpaired) electrons. The van der Waals surface area contributed by atoms with Crippen LogP contribution in [-0.4, -0.2) is 78.4 Å². The Hall–Kier alpha value is -3.69. The third-order valence-corrected chi connectivity index (χ3v) is 6.70. The SMILES string of the molecule is COc1cc2ncnc(Oc3c[c]ccc3-c3cc(C(C)(C)C)on3)c2cc1OCCN1CCN(C)CC1. The highest BCUT2D eigenvalue weighted by Gasteiger charge is 2.22. The number of methoxy groups -OCH3 is 1. The molecule has 0 spiro atoms. The van der Waals surface area contributed by atoms with Gasteiger partial charge in [-0.15, -0.1) is 0 Å². The summed E-state index contributed by atoms with van der Waals surface area (Å²) < 4.78 is 23.7. The van der Waals surface area contributed by atoms with Gasteiger partial charge in [0.2, 0.25) is 5.88 Å². The number of fused-ring (bicyclic) bond motifs is 1. The zero-order valence-electron chi connectivity index (χ0n) is 22.7. The van der Waals surface area contributed by atoms with Crippen LogP contribution in [0.3, 0.4) is 0 Å². The Kier molecular flexibility index (Phi) is 7.49. The summed E-state index contributed by atoms with van der Waals surface area (Å²) in [4.78, 5) is 13.6. The van der Waals surface area contributed by atoms with E-state index in [0.717, 1.165) is 44.0 Å². The molecule has 9 heteroatoms. The molecule has 0 amide bonds. The molecule has 1 aliphatic heterocycles. The van der Waals surface area contributed by atoms with Gasteiger partial charge in [-0.3, -0.25) is 4.90 Å². The fourth-order valence-electron chi connectivity index (χ4n) is 4.32. The molecular weight excluding hydrogens is 482 g/mol. The predicted octanol–water partition coefficient (Wildman–Crippen LogP) is 4.81. The number of aromatic nitrogens is 3. The fraction of sp³-hybridized carbons (Fsp3) is 0.414. The second-order valence-electron chi connectivity index (χ2n) is 10.5. The van der Waals surface area contributed by atoms with Crippen molar-refractivity contribution in [1.82, 2.24) is 24.9 Å². The van der Waals surface area contributed by atoms with Crippen LogP contribution < -0.4 is 14.2 Å². The zero-order chi connectivity index (χ0) is 26.7. The highest BCUT2D eigenvalue weighted by molar-refractivity contribution is 5.87. The number of rotatable bonds is 8. The van der Waals surface area contributed by atoms with Gasteiger partial charge in [0.1, 0.15) is 30.1 Å². The lowest BCUT2D eigenvalue weighted by Crippen LogP contribution is -2.45. The number of nitrogens with zero attached hydrogens (tertiary/aromatic N) is 5. The van der Waals surface area contributed by atoms with E-state index in [2.05, 4.69) is 58.8 Å². The Morgan fingerprint density at radius 1 is 1.03 bits per heavy atom. The van der Waals surface area contributed by atoms with Crippen LogP contribution >= 0.6 is 0 Å². The molecule has 0 aliphatic carbocycles. The Morgan fingerprint density at radius 3 is 2.58 bits per heavy atom. The molecule has 0 saturated carbocycles. The lowest BCUT2D eigenvalue weighted by Gasteiger charge is -2.32. The minimum absolute atomic E-state index is 0.157. The Bertz CT molecular complexity index is 1390. The van der Waals surface area contributed by atoms with Crippen molar-refractivity contribution in [1.29, 1.82) is 0 Å². The number of piperazine rings is 1. The zero-order valence-corrected chi connectivity index (χ0v) is 22.7. The minimum atomic E-state index is -0.157. The molecule has 1 aliphatic rings. The highest BCUT2D eigenvalue weighted by Crippen LogP contribution is 2.39. The molecular formula is C29H34N5O4. The van der Waals surface area contributed by atoms with Crippen LogP contribution in [0.1, 0.15) is 26.5 Å². The van der Waals surface area contributed by atoms with Gasteiger partial charge in [0, 0.05) is 55.8 Å². The van der Waals surface area contributed by atoms with Gasteiger partial charge in [0.05, 0.1) is 18.0 Å². The smallest absolute Gasteiger partial charge is 0.230 e. The number of hydrogen-bond acceptors (Lipinski definition) is 9. The molecule has 199 valence electrons. The maximum absolute atomic E-state index is 6.34. The molecule has 1 fully saturated rings. The molecule has 38 heavy (non-hydrogen) atoms. The normalized spacial score (nSPS) is 15.1. The van der Waals surface area contributed by atoms with E-state index in [1.54, 1.807) is 13.2 Å². The molecule has 9 nitrogen and oxygen atoms in total. The second kappa shape index (κ2) is 11.0. The molecule has 0 atom stereocenters. The number of ether oxygens (including phenoxy) is 3. The van der Waals surface area contributed by atoms with Crippen LogP contribution in [0.25, 0.3) is 22.2 Å². The summed E-state index contributed by atoms with van der Waals surface area (Å²) in [5.41, 5.74) is 2.01. The van der Waals surface area contributed by atoms with E-state index >= 15 is 0 Å². The van der Waals surface area contributed by atoms with Crippen LogP contribution in [0, 0.1) is 6.07 Å². The predicted molar refractivity (Wildman–Crippen MR) is 145 cm³/mol. The largest absolute Gasteiger partial charge is 0.493 e. The third-order valence-electron chi connectivity index (χ3n) is 6.70. The van der Waals surface area contributed by atoms with E-state index in [-0.39, 0.29) is 5.41 Å². The van der Waals surface area contributed by atoms with Gasteiger partial charge in [-0.25, -0.2) is 9.97 Å². The number of hydrogen-bond donors (Lipinski definition) is 0. The number of likely N-dealkylation sites (N-methyl/N-ethyl adjacent to an activating group) is 1. The van der Waals surface area contributed by atoms with E-state index in [1.165, 1.54) is 6.33 Å². The molecule has 1 saturated heterocycles. The summed E-state index contributed by atoms with van der Waals surface area (Å²) in [6.07, 6.45) is 1.48. The van der Waals surface area contributed by atoms with E-state index in [0.29, 0.717) is 46.3 Å². The van der Waals surface area contributed by atoms with Crippen molar-refractivity contribution in [3.63, 3.8) is 0 Å². The Balaban J connectivity index is 1.40. The first-order valence-electron chi connectivity index (χ1n) is 12.8. The summed E-state index contributed by atoms with van der Waals surface area (Å²) in [5, 5.41) is 5.00. The summed E-state index contributed by atoms with van der Waals surface area (Å²) in [6.45, 7) is 11.9. The van der Waals surface area contributed by atoms with E-state index in [1.807, 2.05) is 30.3 Å². The van der Waals surface area contributed by atoms with Gasteiger partial charge in [-0.05, 0) is 31.3 Å². The average molecular weight is 517 g/mol. The molecule has 0 bridgehead atoms. The van der Waals surface area contributed by atoms with Gasteiger partial charge < -0.3 is 23.6 Å². The van der Waals surface area contributed by atoms with Crippen molar-refractivity contribution < 1.29 is 18.7 Å². The quantitative estimate of drug-likeness (QED) is 0.327. The monoisotopic (exact) mass is 516 g/mol. The second-order valence-corrected chi connectivity index (χ2v) is 10.5. The van der Waals surface area contributed by atoms with E-state index in [9.17, 15) is 0 Å². The molecule has 4 aromatic rings. The van der Waals surface area contributed by atoms with Crippen LogP contribution in [0.15, 0.2) is 47.2 Å². The maximum atomic E-state index is 6.34. The van der Waals surface area contributed by atoms with Gasteiger partial charge in [-0.2, -0.15) is 0 Å². The van der Waals surface area contributed by atoms with Crippen LogP contribution in [-0.2, 0) is 5.41 Å². The first-order chi connectivity index (χ1) is 18.3. The molecule has 0 unspecified atom stereocenters. The maximum Gasteiger partial charge on any atom is 0.230 e. The summed E-state index contributed by atoms with van der Waals surface area (Å²) in [5.74, 6) is 3.01. The van der Waals surface area contributed by atoms with E-state index in [4.69, 9.17) is 18.7 Å². The lowest BCUT2D eigenvalue weighted by atomic mass is 9.93. The first-order valence-corrected chi connectivity index (χ1v) is 12.8. The summed E-state index contributed by atoms with van der Waals surface area (Å²) in [6, 6.07) is 14.3. The van der Waals surface area contributed by atoms with Crippen molar-refractivity contribution in [2.24, 2.45) is 0 Å². The van der Waals surface area contributed by atoms with Crippen LogP contribution in [0.4, 0.5) is 0 Å². The van der Waals surface area contributed by atoms with Crippen molar-refractivity contribution in [3.8, 4) is 34.4 Å². The topological polar surface area (TPSA) is 86.0 Å². The van der Waals surface area contributed by atoms with Crippen molar-refractivity contribution in [2.45, 2.75) is 26.2 Å². The molecule has 2 aromatic carbocycles. The van der Waals surface area contributed by atoms with Crippen LogP contribution in [0.2, 0.25) is 0 Å². The minimum Gasteiger partial charge on any atom is -0.493 e. The lowest BCUT2D eigenvalue weighted by molar-refractivity contribution is 0.133. The van der Waals surface area contributed by atoms with Gasteiger partial charge in [0.15, 0.2) is 11.5 Å². The fourth-order valence-corrected chi connectivity index (χ4v) is 4.32. The molecule has 3 heterocycles. The van der Waals surface area contributed by atoms with Crippen molar-refractivity contribution in [3.05, 3.63) is 54.6 Å². The Morgan fingerprint density at radius 2 is 1.84 bits per heavy atom. The summed E-state index contributed by atoms with van der Waals surface area (Å²) in [7, 11) is 3.78. The molecule has 2 aromatic heterocycles. The average Bonchev–Trinajstić information content (AvgIpc) is 3.41. The van der Waals surface area contributed by atoms with E-state index < -0.39 is 0 Å². The standard InChI is InChI=1S/C29H34N5O4/c1-29(2,3)27-18-23(32-38-27)20-8-6-7-9-24(20)37-28-21-16-26(25(35-5)17-22(21)30-19-31-28)36-15-14-34-12-10-33(4)11-13-34/h6,8-9,16-19H,10-15H2,1-5H3. The van der Waals surface area contributed by atoms with Gasteiger partial charge in [0.25, 0.3) is 0 Å². The highest BCUT2D eigenvalue weighted by atomic mass is 16.5. The van der Waals surface area contributed by atoms with Crippen molar-refractivity contribution in [2.75, 3.05) is 53.5 Å². The van der Waals surface area contributed by atoms with Gasteiger partial charge in [-0.1, -0.05) is 32.0 Å². The Labute approximate surface area is 223 Å². The first kappa shape index (κ1) is 25.9. The van der Waals surface area contributed by atoms with Crippen molar-refractivity contribution >= 4 is 10.9 Å². The number of benzene rings is 2. The molecule has 5 rings (SSSR count). The van der Waals surface area contributed by atoms with Gasteiger partial charge >= 0.3 is 0 Å². The van der Waals surface area contributed by atoms with Crippen LogP contribution in [0.5, 0.6) is 23.1 Å².